The molecule has 2 aromatic rings. The summed E-state index contributed by atoms with van der Waals surface area (Å²) in [5.74, 6) is 0.476. The predicted molar refractivity (Wildman–Crippen MR) is 74.5 cm³/mol. The summed E-state index contributed by atoms with van der Waals surface area (Å²) in [6.45, 7) is 0. The van der Waals surface area contributed by atoms with Crippen LogP contribution < -0.4 is 5.73 Å². The molecule has 3 nitrogen and oxygen atoms in total. The van der Waals surface area contributed by atoms with Gasteiger partial charge in [-0.3, -0.25) is 0 Å². The first-order chi connectivity index (χ1) is 10.1. The predicted octanol–water partition coefficient (Wildman–Crippen LogP) is 4.11. The minimum Gasteiger partial charge on any atom is -0.367 e. The molecule has 110 valence electrons. The van der Waals surface area contributed by atoms with Crippen LogP contribution in [0.4, 0.5) is 14.7 Å². The molecule has 0 bridgehead atoms. The second kappa shape index (κ2) is 4.55. The number of halogens is 2. The van der Waals surface area contributed by atoms with Gasteiger partial charge in [-0.05, 0) is 42.4 Å². The van der Waals surface area contributed by atoms with Gasteiger partial charge >= 0.3 is 0 Å². The molecule has 2 saturated carbocycles. The van der Waals surface area contributed by atoms with E-state index < -0.39 is 11.6 Å². The largest absolute Gasteiger partial charge is 0.367 e. The van der Waals surface area contributed by atoms with Gasteiger partial charge in [-0.2, -0.15) is 0 Å². The number of hydrogen-bond donors (Lipinski definition) is 1. The number of anilines is 1. The lowest BCUT2D eigenvalue weighted by Crippen LogP contribution is -1.93. The van der Waals surface area contributed by atoms with E-state index in [4.69, 9.17) is 10.3 Å². The Bertz CT molecular complexity index is 665. The second-order valence-electron chi connectivity index (χ2n) is 6.10. The van der Waals surface area contributed by atoms with Crippen molar-refractivity contribution in [2.45, 2.75) is 31.6 Å². The maximum Gasteiger partial charge on any atom is 0.230 e. The summed E-state index contributed by atoms with van der Waals surface area (Å²) in [5.41, 5.74) is 7.60. The Balaban J connectivity index is 1.77. The Morgan fingerprint density at radius 2 is 1.67 bits per heavy atom. The van der Waals surface area contributed by atoms with Crippen molar-refractivity contribution < 1.29 is 13.3 Å². The van der Waals surface area contributed by atoms with Crippen LogP contribution in [-0.2, 0) is 0 Å². The van der Waals surface area contributed by atoms with E-state index in [0.717, 1.165) is 11.8 Å². The molecule has 2 fully saturated rings. The van der Waals surface area contributed by atoms with Gasteiger partial charge in [0.1, 0.15) is 11.6 Å². The summed E-state index contributed by atoms with van der Waals surface area (Å²) in [6.07, 6.45) is 4.88. The molecule has 0 aliphatic heterocycles. The lowest BCUT2D eigenvalue weighted by atomic mass is 10.0. The van der Waals surface area contributed by atoms with Crippen LogP contribution in [-0.4, -0.2) is 5.16 Å². The van der Waals surface area contributed by atoms with Gasteiger partial charge in [0.2, 0.25) is 5.88 Å². The van der Waals surface area contributed by atoms with Gasteiger partial charge in [-0.25, -0.2) is 8.78 Å². The standard InChI is InChI=1S/C16H16F2N2O/c17-9-5-8(6-10(18)7-9)13-15(20-21-16(13)19)14-11-3-1-2-4-12(11)14/h5-7,11-12,14H,1-4,19H2. The molecule has 2 aliphatic carbocycles. The molecule has 1 aromatic heterocycles. The third-order valence-electron chi connectivity index (χ3n) is 4.87. The number of benzene rings is 1. The molecule has 21 heavy (non-hydrogen) atoms. The molecular weight excluding hydrogens is 274 g/mol. The number of hydrogen-bond acceptors (Lipinski definition) is 3. The Morgan fingerprint density at radius 1 is 1.05 bits per heavy atom. The van der Waals surface area contributed by atoms with Crippen LogP contribution in [0.3, 0.4) is 0 Å². The first-order valence-corrected chi connectivity index (χ1v) is 7.36. The highest BCUT2D eigenvalue weighted by atomic mass is 19.1. The Hall–Kier alpha value is -1.91. The zero-order valence-electron chi connectivity index (χ0n) is 11.5. The first kappa shape index (κ1) is 12.8. The van der Waals surface area contributed by atoms with Crippen LogP contribution >= 0.6 is 0 Å². The molecule has 2 N–H and O–H groups in total. The van der Waals surface area contributed by atoms with Gasteiger partial charge in [0.05, 0.1) is 11.3 Å². The maximum absolute atomic E-state index is 13.5. The van der Waals surface area contributed by atoms with Gasteiger partial charge in [0.15, 0.2) is 0 Å². The summed E-state index contributed by atoms with van der Waals surface area (Å²) in [5, 5.41) is 4.09. The fourth-order valence-electron chi connectivity index (χ4n) is 3.93. The van der Waals surface area contributed by atoms with Crippen LogP contribution in [0.25, 0.3) is 11.1 Å². The number of nitrogens with two attached hydrogens (primary N) is 1. The summed E-state index contributed by atoms with van der Waals surface area (Å²) in [6, 6.07) is 3.41. The Kier molecular flexibility index (Phi) is 2.77. The SMILES string of the molecule is Nc1onc(C2C3CCCCC32)c1-c1cc(F)cc(F)c1. The molecule has 0 amide bonds. The minimum absolute atomic E-state index is 0.138. The zero-order chi connectivity index (χ0) is 14.6. The van der Waals surface area contributed by atoms with E-state index in [1.54, 1.807) is 0 Å². The normalized spacial score (nSPS) is 27.4. The number of nitrogen functional groups attached to an aromatic ring is 1. The average molecular weight is 290 g/mol. The topological polar surface area (TPSA) is 52.0 Å². The molecule has 4 rings (SSSR count). The molecule has 1 heterocycles. The van der Waals surface area contributed by atoms with E-state index in [1.165, 1.54) is 37.8 Å². The molecule has 2 unspecified atom stereocenters. The fraction of sp³-hybridized carbons (Fsp3) is 0.438. The maximum atomic E-state index is 13.5. The van der Waals surface area contributed by atoms with Crippen molar-refractivity contribution in [1.29, 1.82) is 0 Å². The number of nitrogens with zero attached hydrogens (tertiary/aromatic N) is 1. The van der Waals surface area contributed by atoms with Gasteiger partial charge in [-0.1, -0.05) is 18.0 Å². The number of rotatable bonds is 2. The Morgan fingerprint density at radius 3 is 2.29 bits per heavy atom. The third kappa shape index (κ3) is 2.03. The van der Waals surface area contributed by atoms with Crippen LogP contribution in [0.1, 0.15) is 37.3 Å². The molecule has 5 heteroatoms. The van der Waals surface area contributed by atoms with E-state index in [9.17, 15) is 8.78 Å². The summed E-state index contributed by atoms with van der Waals surface area (Å²) in [7, 11) is 0. The van der Waals surface area contributed by atoms with E-state index in [1.807, 2.05) is 0 Å². The van der Waals surface area contributed by atoms with Crippen LogP contribution in [0.2, 0.25) is 0 Å². The average Bonchev–Trinajstić information content (AvgIpc) is 3.04. The van der Waals surface area contributed by atoms with Crippen molar-refractivity contribution in [2.75, 3.05) is 5.73 Å². The monoisotopic (exact) mass is 290 g/mol. The second-order valence-corrected chi connectivity index (χ2v) is 6.10. The van der Waals surface area contributed by atoms with E-state index >= 15 is 0 Å². The smallest absolute Gasteiger partial charge is 0.230 e. The van der Waals surface area contributed by atoms with Crippen molar-refractivity contribution in [3.8, 4) is 11.1 Å². The van der Waals surface area contributed by atoms with Gasteiger partial charge in [-0.15, -0.1) is 0 Å². The van der Waals surface area contributed by atoms with Crippen molar-refractivity contribution in [1.82, 2.24) is 5.16 Å². The highest BCUT2D eigenvalue weighted by molar-refractivity contribution is 5.76. The van der Waals surface area contributed by atoms with E-state index in [-0.39, 0.29) is 5.88 Å². The van der Waals surface area contributed by atoms with Crippen LogP contribution in [0.15, 0.2) is 22.7 Å². The van der Waals surface area contributed by atoms with E-state index in [0.29, 0.717) is 28.9 Å². The number of fused-ring (bicyclic) bond motifs is 1. The molecular formula is C16H16F2N2O. The molecule has 0 radical (unpaired) electrons. The van der Waals surface area contributed by atoms with Crippen molar-refractivity contribution >= 4 is 5.88 Å². The molecule has 0 saturated heterocycles. The molecule has 0 spiro atoms. The van der Waals surface area contributed by atoms with Gasteiger partial charge in [0.25, 0.3) is 0 Å². The number of aromatic nitrogens is 1. The van der Waals surface area contributed by atoms with Crippen LogP contribution in [0.5, 0.6) is 0 Å². The van der Waals surface area contributed by atoms with Crippen LogP contribution in [0, 0.1) is 23.5 Å². The van der Waals surface area contributed by atoms with Gasteiger partial charge in [0, 0.05) is 12.0 Å². The van der Waals surface area contributed by atoms with Crippen molar-refractivity contribution in [2.24, 2.45) is 11.8 Å². The molecule has 1 aromatic carbocycles. The highest BCUT2D eigenvalue weighted by Gasteiger charge is 2.53. The summed E-state index contributed by atoms with van der Waals surface area (Å²) in [4.78, 5) is 0. The molecule has 2 aliphatic rings. The highest BCUT2D eigenvalue weighted by Crippen LogP contribution is 2.62. The third-order valence-corrected chi connectivity index (χ3v) is 4.87. The van der Waals surface area contributed by atoms with Crippen molar-refractivity contribution in [3.63, 3.8) is 0 Å². The van der Waals surface area contributed by atoms with E-state index in [2.05, 4.69) is 5.16 Å². The lowest BCUT2D eigenvalue weighted by Gasteiger charge is -2.04. The Labute approximate surface area is 121 Å². The quantitative estimate of drug-likeness (QED) is 0.905. The lowest BCUT2D eigenvalue weighted by molar-refractivity contribution is 0.426. The zero-order valence-corrected chi connectivity index (χ0v) is 11.5. The summed E-state index contributed by atoms with van der Waals surface area (Å²) >= 11 is 0. The minimum atomic E-state index is -0.621. The van der Waals surface area contributed by atoms with Gasteiger partial charge < -0.3 is 10.3 Å². The van der Waals surface area contributed by atoms with Crippen molar-refractivity contribution in [3.05, 3.63) is 35.5 Å². The molecule has 2 atom stereocenters. The summed E-state index contributed by atoms with van der Waals surface area (Å²) < 4.78 is 32.0. The fourth-order valence-corrected chi connectivity index (χ4v) is 3.93. The first-order valence-electron chi connectivity index (χ1n) is 7.36.